The maximum atomic E-state index is 12.2. The summed E-state index contributed by atoms with van der Waals surface area (Å²) in [6, 6.07) is 7.24. The number of allylic oxidation sites excluding steroid dienone is 4. The molecule has 3 rings (SSSR count). The summed E-state index contributed by atoms with van der Waals surface area (Å²) in [6.07, 6.45) is 12.3. The minimum absolute atomic E-state index is 0.00824. The first kappa shape index (κ1) is 18.4. The number of anilines is 1. The van der Waals surface area contributed by atoms with Crippen LogP contribution >= 0.6 is 11.3 Å². The van der Waals surface area contributed by atoms with Crippen molar-refractivity contribution in [3.63, 3.8) is 0 Å². The van der Waals surface area contributed by atoms with Gasteiger partial charge in [0.15, 0.2) is 0 Å². The van der Waals surface area contributed by atoms with E-state index in [1.54, 1.807) is 11.5 Å². The SMILES string of the molecule is O=C(CCCC1=CCCCC=C1)Nc1ccc2sc(C(=O)NO)cc2c1. The predicted octanol–water partition coefficient (Wildman–Crippen LogP) is 4.80. The van der Waals surface area contributed by atoms with Crippen LogP contribution in [0.5, 0.6) is 0 Å². The van der Waals surface area contributed by atoms with Crippen molar-refractivity contribution in [1.29, 1.82) is 0 Å². The maximum Gasteiger partial charge on any atom is 0.284 e. The van der Waals surface area contributed by atoms with Crippen LogP contribution in [0.4, 0.5) is 5.69 Å². The quantitative estimate of drug-likeness (QED) is 0.505. The van der Waals surface area contributed by atoms with Gasteiger partial charge in [-0.15, -0.1) is 11.3 Å². The van der Waals surface area contributed by atoms with Gasteiger partial charge >= 0.3 is 0 Å². The first-order chi connectivity index (χ1) is 12.7. The third kappa shape index (κ3) is 4.80. The van der Waals surface area contributed by atoms with Crippen molar-refractivity contribution in [1.82, 2.24) is 5.48 Å². The lowest BCUT2D eigenvalue weighted by Crippen LogP contribution is -2.16. The van der Waals surface area contributed by atoms with Crippen LogP contribution in [0.15, 0.2) is 48.1 Å². The second-order valence-electron chi connectivity index (χ2n) is 6.32. The minimum atomic E-state index is -0.529. The van der Waals surface area contributed by atoms with E-state index in [4.69, 9.17) is 5.21 Å². The second kappa shape index (κ2) is 8.78. The number of nitrogens with one attached hydrogen (secondary N) is 2. The topological polar surface area (TPSA) is 78.4 Å². The Balaban J connectivity index is 1.55. The Morgan fingerprint density at radius 1 is 1.19 bits per heavy atom. The fraction of sp³-hybridized carbons (Fsp3) is 0.300. The molecule has 6 heteroatoms. The van der Waals surface area contributed by atoms with E-state index in [2.05, 4.69) is 23.5 Å². The molecule has 0 spiro atoms. The average Bonchev–Trinajstić information content (AvgIpc) is 2.89. The molecule has 0 aliphatic heterocycles. The molecule has 2 amide bonds. The molecule has 1 aromatic carbocycles. The van der Waals surface area contributed by atoms with Crippen LogP contribution in [0, 0.1) is 0 Å². The highest BCUT2D eigenvalue weighted by molar-refractivity contribution is 7.20. The van der Waals surface area contributed by atoms with Crippen molar-refractivity contribution in [2.45, 2.75) is 38.5 Å². The van der Waals surface area contributed by atoms with Gasteiger partial charge in [-0.05, 0) is 61.8 Å². The van der Waals surface area contributed by atoms with E-state index in [0.29, 0.717) is 17.0 Å². The predicted molar refractivity (Wildman–Crippen MR) is 105 cm³/mol. The molecule has 0 atom stereocenters. The number of benzene rings is 1. The van der Waals surface area contributed by atoms with E-state index in [9.17, 15) is 9.59 Å². The van der Waals surface area contributed by atoms with Crippen molar-refractivity contribution in [3.8, 4) is 0 Å². The lowest BCUT2D eigenvalue weighted by atomic mass is 10.1. The Morgan fingerprint density at radius 2 is 2.08 bits per heavy atom. The number of carbonyl (C=O) groups is 2. The third-order valence-corrected chi connectivity index (χ3v) is 5.42. The maximum absolute atomic E-state index is 12.2. The van der Waals surface area contributed by atoms with Gasteiger partial charge in [0.1, 0.15) is 0 Å². The van der Waals surface area contributed by atoms with Gasteiger partial charge < -0.3 is 5.32 Å². The summed E-state index contributed by atoms with van der Waals surface area (Å²) in [7, 11) is 0. The minimum Gasteiger partial charge on any atom is -0.326 e. The molecule has 1 aromatic heterocycles. The van der Waals surface area contributed by atoms with Crippen LogP contribution in [0.3, 0.4) is 0 Å². The largest absolute Gasteiger partial charge is 0.326 e. The Labute approximate surface area is 156 Å². The molecular weight excluding hydrogens is 348 g/mol. The molecule has 136 valence electrons. The number of thiophene rings is 1. The normalized spacial score (nSPS) is 14.0. The molecule has 0 fully saturated rings. The van der Waals surface area contributed by atoms with Crippen LogP contribution < -0.4 is 10.8 Å². The van der Waals surface area contributed by atoms with E-state index >= 15 is 0 Å². The summed E-state index contributed by atoms with van der Waals surface area (Å²) in [5.74, 6) is -0.537. The molecule has 0 saturated heterocycles. The van der Waals surface area contributed by atoms with Gasteiger partial charge in [0.25, 0.3) is 5.91 Å². The fourth-order valence-electron chi connectivity index (χ4n) is 2.98. The standard InChI is InChI=1S/C20H22N2O3S/c23-19(9-5-8-14-6-3-1-2-4-7-14)21-16-10-11-17-15(12-16)13-18(26-17)20(24)22-25/h3,6-7,10-13,25H,1-2,4-5,8-9H2,(H,21,23)(H,22,24). The summed E-state index contributed by atoms with van der Waals surface area (Å²) >= 11 is 1.29. The number of rotatable bonds is 6. The average molecular weight is 370 g/mol. The van der Waals surface area contributed by atoms with Crippen molar-refractivity contribution >= 4 is 38.9 Å². The molecule has 1 aliphatic rings. The Morgan fingerprint density at radius 3 is 2.92 bits per heavy atom. The van der Waals surface area contributed by atoms with E-state index in [1.165, 1.54) is 23.3 Å². The molecule has 0 saturated carbocycles. The van der Waals surface area contributed by atoms with E-state index < -0.39 is 5.91 Å². The number of hydrogen-bond acceptors (Lipinski definition) is 4. The van der Waals surface area contributed by atoms with Gasteiger partial charge in [-0.2, -0.15) is 0 Å². The number of fused-ring (bicyclic) bond motifs is 1. The van der Waals surface area contributed by atoms with Gasteiger partial charge in [-0.25, -0.2) is 5.48 Å². The van der Waals surface area contributed by atoms with Crippen LogP contribution in [-0.4, -0.2) is 17.0 Å². The molecule has 0 radical (unpaired) electrons. The Kier molecular flexibility index (Phi) is 6.20. The Bertz CT molecular complexity index is 867. The first-order valence-corrected chi connectivity index (χ1v) is 9.61. The van der Waals surface area contributed by atoms with Gasteiger partial charge in [0.05, 0.1) is 4.88 Å². The number of hydrogen-bond donors (Lipinski definition) is 3. The highest BCUT2D eigenvalue weighted by Crippen LogP contribution is 2.28. The molecule has 1 heterocycles. The lowest BCUT2D eigenvalue weighted by molar-refractivity contribution is -0.116. The van der Waals surface area contributed by atoms with Crippen LogP contribution in [0.1, 0.15) is 48.2 Å². The Hall–Kier alpha value is -2.44. The smallest absolute Gasteiger partial charge is 0.284 e. The zero-order chi connectivity index (χ0) is 18.4. The summed E-state index contributed by atoms with van der Waals surface area (Å²) in [6.45, 7) is 0. The summed E-state index contributed by atoms with van der Waals surface area (Å²) in [4.78, 5) is 24.1. The first-order valence-electron chi connectivity index (χ1n) is 8.79. The monoisotopic (exact) mass is 370 g/mol. The van der Waals surface area contributed by atoms with Gasteiger partial charge in [0, 0.05) is 16.8 Å². The second-order valence-corrected chi connectivity index (χ2v) is 7.40. The van der Waals surface area contributed by atoms with Crippen LogP contribution in [-0.2, 0) is 4.79 Å². The van der Waals surface area contributed by atoms with Gasteiger partial charge in [-0.1, -0.05) is 23.8 Å². The lowest BCUT2D eigenvalue weighted by Gasteiger charge is -2.06. The van der Waals surface area contributed by atoms with Crippen molar-refractivity contribution < 1.29 is 14.8 Å². The molecule has 26 heavy (non-hydrogen) atoms. The fourth-order valence-corrected chi connectivity index (χ4v) is 3.91. The zero-order valence-electron chi connectivity index (χ0n) is 14.5. The van der Waals surface area contributed by atoms with E-state index in [1.807, 2.05) is 18.2 Å². The summed E-state index contributed by atoms with van der Waals surface area (Å²) in [5, 5.41) is 12.5. The molecule has 0 bridgehead atoms. The van der Waals surface area contributed by atoms with Gasteiger partial charge in [-0.3, -0.25) is 14.8 Å². The van der Waals surface area contributed by atoms with Crippen LogP contribution in [0.25, 0.3) is 10.1 Å². The number of carbonyl (C=O) groups excluding carboxylic acids is 2. The summed E-state index contributed by atoms with van der Waals surface area (Å²) in [5.41, 5.74) is 3.67. The zero-order valence-corrected chi connectivity index (χ0v) is 15.3. The third-order valence-electron chi connectivity index (χ3n) is 4.31. The van der Waals surface area contributed by atoms with Crippen molar-refractivity contribution in [2.75, 3.05) is 5.32 Å². The van der Waals surface area contributed by atoms with Crippen molar-refractivity contribution in [2.24, 2.45) is 0 Å². The molecular formula is C20H22N2O3S. The van der Waals surface area contributed by atoms with Gasteiger partial charge in [0.2, 0.25) is 5.91 Å². The molecule has 5 nitrogen and oxygen atoms in total. The number of hydroxylamine groups is 1. The van der Waals surface area contributed by atoms with E-state index in [0.717, 1.165) is 35.8 Å². The molecule has 2 aromatic rings. The van der Waals surface area contributed by atoms with Crippen LogP contribution in [0.2, 0.25) is 0 Å². The summed E-state index contributed by atoms with van der Waals surface area (Å²) < 4.78 is 0.925. The van der Waals surface area contributed by atoms with E-state index in [-0.39, 0.29) is 5.91 Å². The molecule has 0 unspecified atom stereocenters. The van der Waals surface area contributed by atoms with Crippen molar-refractivity contribution in [3.05, 3.63) is 52.9 Å². The number of amides is 2. The highest BCUT2D eigenvalue weighted by atomic mass is 32.1. The molecule has 1 aliphatic carbocycles. The molecule has 3 N–H and O–H groups in total. The highest BCUT2D eigenvalue weighted by Gasteiger charge is 2.10.